The number of fused-ring (bicyclic) bond motifs is 1. The van der Waals surface area contributed by atoms with Crippen LogP contribution < -0.4 is 11.2 Å². The zero-order chi connectivity index (χ0) is 12.4. The molecule has 0 spiro atoms. The number of aromatic nitrogens is 2. The summed E-state index contributed by atoms with van der Waals surface area (Å²) >= 11 is 0. The number of benzene rings is 1. The van der Waals surface area contributed by atoms with E-state index in [2.05, 4.69) is 4.98 Å². The minimum atomic E-state index is -0.485. The molecule has 1 aromatic carbocycles. The number of nitrogens with one attached hydrogen (secondary N) is 1. The predicted molar refractivity (Wildman–Crippen MR) is 63.7 cm³/mol. The smallest absolute Gasteiger partial charge is 0.307 e. The molecule has 0 bridgehead atoms. The van der Waals surface area contributed by atoms with Gasteiger partial charge in [0.05, 0.1) is 10.9 Å². The average Bonchev–Trinajstić information content (AvgIpc) is 2.28. The van der Waals surface area contributed by atoms with Crippen molar-refractivity contribution >= 4 is 10.9 Å². The van der Waals surface area contributed by atoms with Crippen LogP contribution >= 0.6 is 0 Å². The highest BCUT2D eigenvalue weighted by Gasteiger charge is 2.07. The van der Waals surface area contributed by atoms with Gasteiger partial charge in [-0.15, -0.1) is 0 Å². The van der Waals surface area contributed by atoms with E-state index in [4.69, 9.17) is 0 Å². The summed E-state index contributed by atoms with van der Waals surface area (Å²) in [5.41, 5.74) is -0.605. The molecule has 5 heteroatoms. The van der Waals surface area contributed by atoms with Crippen LogP contribution in [-0.4, -0.2) is 9.55 Å². The quantitative estimate of drug-likeness (QED) is 0.880. The lowest BCUT2D eigenvalue weighted by atomic mass is 10.2. The molecule has 0 unspecified atom stereocenters. The van der Waals surface area contributed by atoms with E-state index >= 15 is 0 Å². The molecule has 1 heterocycles. The van der Waals surface area contributed by atoms with Crippen LogP contribution in [0.15, 0.2) is 27.8 Å². The number of hydrogen-bond donors (Lipinski definition) is 1. The van der Waals surface area contributed by atoms with Crippen LogP contribution in [0.4, 0.5) is 4.39 Å². The van der Waals surface area contributed by atoms with Crippen LogP contribution in [0.2, 0.25) is 0 Å². The average molecular weight is 236 g/mol. The molecule has 1 N–H and O–H groups in total. The standard InChI is InChI=1S/C12H13FN2O2/c1-2-3-6-15-11(16)9-5-4-8(13)7-10(9)14-12(15)17/h4-5,7H,2-3,6H2,1H3,(H,14,17). The number of rotatable bonds is 3. The molecule has 4 nitrogen and oxygen atoms in total. The van der Waals surface area contributed by atoms with Gasteiger partial charge in [0.2, 0.25) is 0 Å². The van der Waals surface area contributed by atoms with E-state index in [0.29, 0.717) is 11.9 Å². The van der Waals surface area contributed by atoms with Gasteiger partial charge in [-0.1, -0.05) is 13.3 Å². The number of unbranched alkanes of at least 4 members (excludes halogenated alkanes) is 1. The van der Waals surface area contributed by atoms with Gasteiger partial charge in [0.1, 0.15) is 5.82 Å². The van der Waals surface area contributed by atoms with E-state index < -0.39 is 11.5 Å². The Bertz CT molecular complexity index is 658. The highest BCUT2D eigenvalue weighted by Crippen LogP contribution is 2.07. The Labute approximate surface area is 96.7 Å². The van der Waals surface area contributed by atoms with Crippen molar-refractivity contribution < 1.29 is 4.39 Å². The SMILES string of the molecule is CCCCn1c(=O)[nH]c2cc(F)ccc2c1=O. The van der Waals surface area contributed by atoms with Crippen LogP contribution in [0.5, 0.6) is 0 Å². The number of nitrogens with zero attached hydrogens (tertiary/aromatic N) is 1. The van der Waals surface area contributed by atoms with Crippen LogP contribution in [-0.2, 0) is 6.54 Å². The van der Waals surface area contributed by atoms with E-state index in [1.807, 2.05) is 6.92 Å². The second kappa shape index (κ2) is 4.53. The Balaban J connectivity index is 2.68. The fourth-order valence-corrected chi connectivity index (χ4v) is 1.75. The largest absolute Gasteiger partial charge is 0.328 e. The molecule has 17 heavy (non-hydrogen) atoms. The Morgan fingerprint density at radius 2 is 2.12 bits per heavy atom. The van der Waals surface area contributed by atoms with Crippen LogP contribution in [0.1, 0.15) is 19.8 Å². The highest BCUT2D eigenvalue weighted by molar-refractivity contribution is 5.77. The van der Waals surface area contributed by atoms with Crippen molar-refractivity contribution in [1.82, 2.24) is 9.55 Å². The first-order valence-electron chi connectivity index (χ1n) is 5.56. The lowest BCUT2D eigenvalue weighted by Gasteiger charge is -2.05. The topological polar surface area (TPSA) is 54.9 Å². The summed E-state index contributed by atoms with van der Waals surface area (Å²) < 4.78 is 14.1. The second-order valence-corrected chi connectivity index (χ2v) is 3.93. The molecule has 0 atom stereocenters. The Morgan fingerprint density at radius 3 is 2.82 bits per heavy atom. The normalized spacial score (nSPS) is 10.9. The molecular weight excluding hydrogens is 223 g/mol. The van der Waals surface area contributed by atoms with Gasteiger partial charge in [0, 0.05) is 6.54 Å². The summed E-state index contributed by atoms with van der Waals surface area (Å²) in [5, 5.41) is 0.335. The summed E-state index contributed by atoms with van der Waals surface area (Å²) in [6.45, 7) is 2.37. The van der Waals surface area contributed by atoms with E-state index in [1.54, 1.807) is 0 Å². The first-order chi connectivity index (χ1) is 8.13. The van der Waals surface area contributed by atoms with Gasteiger partial charge in [-0.05, 0) is 24.6 Å². The van der Waals surface area contributed by atoms with Crippen molar-refractivity contribution in [3.63, 3.8) is 0 Å². The van der Waals surface area contributed by atoms with Crippen molar-refractivity contribution in [2.45, 2.75) is 26.3 Å². The minimum Gasteiger partial charge on any atom is -0.307 e. The Kier molecular flexibility index (Phi) is 3.08. The van der Waals surface area contributed by atoms with Crippen LogP contribution in [0, 0.1) is 5.82 Å². The van der Waals surface area contributed by atoms with Crippen molar-refractivity contribution in [2.24, 2.45) is 0 Å². The molecule has 0 amide bonds. The molecule has 0 saturated heterocycles. The number of aromatic amines is 1. The maximum Gasteiger partial charge on any atom is 0.328 e. The maximum absolute atomic E-state index is 13.0. The predicted octanol–water partition coefficient (Wildman–Crippen LogP) is 1.63. The van der Waals surface area contributed by atoms with Gasteiger partial charge in [0.15, 0.2) is 0 Å². The first-order valence-corrected chi connectivity index (χ1v) is 5.56. The molecular formula is C12H13FN2O2. The third-order valence-electron chi connectivity index (χ3n) is 2.68. The molecule has 90 valence electrons. The molecule has 0 saturated carbocycles. The van der Waals surface area contributed by atoms with Gasteiger partial charge in [-0.3, -0.25) is 9.36 Å². The van der Waals surface area contributed by atoms with Crippen molar-refractivity contribution in [1.29, 1.82) is 0 Å². The lowest BCUT2D eigenvalue weighted by Crippen LogP contribution is -2.35. The maximum atomic E-state index is 13.0. The zero-order valence-corrected chi connectivity index (χ0v) is 9.50. The Hall–Kier alpha value is -1.91. The minimum absolute atomic E-state index is 0.243. The van der Waals surface area contributed by atoms with Gasteiger partial charge in [-0.2, -0.15) is 0 Å². The van der Waals surface area contributed by atoms with Gasteiger partial charge < -0.3 is 4.98 Å². The third kappa shape index (κ3) is 2.13. The summed E-state index contributed by atoms with van der Waals surface area (Å²) in [4.78, 5) is 26.2. The molecule has 0 aliphatic rings. The van der Waals surface area contributed by atoms with Gasteiger partial charge >= 0.3 is 5.69 Å². The van der Waals surface area contributed by atoms with Crippen molar-refractivity contribution in [3.05, 3.63) is 44.9 Å². The molecule has 1 aromatic heterocycles. The van der Waals surface area contributed by atoms with Crippen molar-refractivity contribution in [3.8, 4) is 0 Å². The summed E-state index contributed by atoms with van der Waals surface area (Å²) in [6, 6.07) is 3.76. The molecule has 0 fully saturated rings. The number of hydrogen-bond acceptors (Lipinski definition) is 2. The van der Waals surface area contributed by atoms with E-state index in [-0.39, 0.29) is 11.1 Å². The third-order valence-corrected chi connectivity index (χ3v) is 2.68. The lowest BCUT2D eigenvalue weighted by molar-refractivity contribution is 0.588. The fraction of sp³-hybridized carbons (Fsp3) is 0.333. The molecule has 0 aliphatic carbocycles. The fourth-order valence-electron chi connectivity index (χ4n) is 1.75. The van der Waals surface area contributed by atoms with Crippen LogP contribution in [0.3, 0.4) is 0 Å². The van der Waals surface area contributed by atoms with Crippen molar-refractivity contribution in [2.75, 3.05) is 0 Å². The van der Waals surface area contributed by atoms with Gasteiger partial charge in [-0.25, -0.2) is 9.18 Å². The zero-order valence-electron chi connectivity index (χ0n) is 9.50. The molecule has 2 rings (SSSR count). The summed E-state index contributed by atoms with van der Waals surface area (Å²) in [7, 11) is 0. The number of halogens is 1. The first kappa shape index (κ1) is 11.6. The second-order valence-electron chi connectivity index (χ2n) is 3.93. The number of H-pyrrole nitrogens is 1. The molecule has 2 aromatic rings. The molecule has 0 aliphatic heterocycles. The molecule has 0 radical (unpaired) electrons. The monoisotopic (exact) mass is 236 g/mol. The summed E-state index contributed by atoms with van der Waals surface area (Å²) in [6.07, 6.45) is 1.66. The van der Waals surface area contributed by atoms with E-state index in [0.717, 1.165) is 23.5 Å². The van der Waals surface area contributed by atoms with Gasteiger partial charge in [0.25, 0.3) is 5.56 Å². The highest BCUT2D eigenvalue weighted by atomic mass is 19.1. The van der Waals surface area contributed by atoms with Crippen LogP contribution in [0.25, 0.3) is 10.9 Å². The summed E-state index contributed by atoms with van der Waals surface area (Å²) in [5.74, 6) is -0.473. The van der Waals surface area contributed by atoms with E-state index in [9.17, 15) is 14.0 Å². The Morgan fingerprint density at radius 1 is 1.35 bits per heavy atom. The van der Waals surface area contributed by atoms with E-state index in [1.165, 1.54) is 12.1 Å².